The molecule has 116 valence electrons. The smallest absolute Gasteiger partial charge is 0.254 e. The van der Waals surface area contributed by atoms with Crippen LogP contribution in [0.2, 0.25) is 0 Å². The first kappa shape index (κ1) is 15.9. The molecule has 22 heavy (non-hydrogen) atoms. The van der Waals surface area contributed by atoms with E-state index in [0.717, 1.165) is 5.56 Å². The Labute approximate surface area is 131 Å². The predicted molar refractivity (Wildman–Crippen MR) is 88.9 cm³/mol. The minimum Gasteiger partial charge on any atom is -0.495 e. The zero-order chi connectivity index (χ0) is 16.1. The quantitative estimate of drug-likeness (QED) is 0.861. The maximum Gasteiger partial charge on any atom is 0.254 e. The summed E-state index contributed by atoms with van der Waals surface area (Å²) in [6.45, 7) is 4.59. The fourth-order valence-corrected chi connectivity index (χ4v) is 2.30. The van der Waals surface area contributed by atoms with E-state index in [0.29, 0.717) is 23.5 Å². The summed E-state index contributed by atoms with van der Waals surface area (Å²) in [5.41, 5.74) is 8.05. The van der Waals surface area contributed by atoms with Crippen molar-refractivity contribution in [3.63, 3.8) is 0 Å². The average Bonchev–Trinajstić information content (AvgIpc) is 2.52. The summed E-state index contributed by atoms with van der Waals surface area (Å²) >= 11 is 0. The van der Waals surface area contributed by atoms with Crippen molar-refractivity contribution in [3.8, 4) is 5.75 Å². The van der Waals surface area contributed by atoms with Crippen molar-refractivity contribution in [1.29, 1.82) is 0 Å². The Morgan fingerprint density at radius 1 is 1.18 bits per heavy atom. The summed E-state index contributed by atoms with van der Waals surface area (Å²) < 4.78 is 5.13. The van der Waals surface area contributed by atoms with Crippen LogP contribution in [0, 0.1) is 0 Å². The number of nitrogens with zero attached hydrogens (tertiary/aromatic N) is 1. The first-order valence-electron chi connectivity index (χ1n) is 7.31. The molecule has 0 saturated carbocycles. The van der Waals surface area contributed by atoms with Crippen molar-refractivity contribution in [2.75, 3.05) is 12.8 Å². The first-order chi connectivity index (χ1) is 10.5. The number of rotatable bonds is 5. The van der Waals surface area contributed by atoms with Crippen molar-refractivity contribution in [2.45, 2.75) is 26.4 Å². The van der Waals surface area contributed by atoms with E-state index in [-0.39, 0.29) is 11.9 Å². The monoisotopic (exact) mass is 298 g/mol. The van der Waals surface area contributed by atoms with Crippen molar-refractivity contribution < 1.29 is 9.53 Å². The SMILES string of the molecule is COc1ccc(C(=O)N(Cc2ccccc2)C(C)C)cc1N. The first-order valence-corrected chi connectivity index (χ1v) is 7.31. The number of carbonyl (C=O) groups is 1. The van der Waals surface area contributed by atoms with E-state index in [1.54, 1.807) is 25.3 Å². The normalized spacial score (nSPS) is 10.5. The fourth-order valence-electron chi connectivity index (χ4n) is 2.30. The van der Waals surface area contributed by atoms with Crippen LogP contribution < -0.4 is 10.5 Å². The molecule has 0 atom stereocenters. The molecule has 0 aliphatic carbocycles. The van der Waals surface area contributed by atoms with Gasteiger partial charge in [0, 0.05) is 18.2 Å². The minimum absolute atomic E-state index is 0.0341. The van der Waals surface area contributed by atoms with Crippen LogP contribution in [0.5, 0.6) is 5.75 Å². The zero-order valence-electron chi connectivity index (χ0n) is 13.2. The average molecular weight is 298 g/mol. The molecule has 0 aliphatic rings. The molecular formula is C18H22N2O2. The molecule has 4 heteroatoms. The lowest BCUT2D eigenvalue weighted by molar-refractivity contribution is 0.0690. The number of ether oxygens (including phenoxy) is 1. The molecule has 1 amide bonds. The lowest BCUT2D eigenvalue weighted by atomic mass is 10.1. The van der Waals surface area contributed by atoms with Crippen LogP contribution in [-0.4, -0.2) is 24.0 Å². The van der Waals surface area contributed by atoms with Gasteiger partial charge in [-0.1, -0.05) is 30.3 Å². The van der Waals surface area contributed by atoms with Gasteiger partial charge < -0.3 is 15.4 Å². The van der Waals surface area contributed by atoms with E-state index in [9.17, 15) is 4.79 Å². The van der Waals surface area contributed by atoms with E-state index < -0.39 is 0 Å². The van der Waals surface area contributed by atoms with Gasteiger partial charge in [-0.05, 0) is 37.6 Å². The summed E-state index contributed by atoms with van der Waals surface area (Å²) in [6.07, 6.45) is 0. The number of hydrogen-bond acceptors (Lipinski definition) is 3. The van der Waals surface area contributed by atoms with E-state index in [1.807, 2.05) is 49.1 Å². The third kappa shape index (κ3) is 3.58. The second-order valence-corrected chi connectivity index (χ2v) is 5.47. The Balaban J connectivity index is 2.25. The van der Waals surface area contributed by atoms with Crippen LogP contribution in [0.3, 0.4) is 0 Å². The second-order valence-electron chi connectivity index (χ2n) is 5.47. The summed E-state index contributed by atoms with van der Waals surface area (Å²) in [6, 6.07) is 15.2. The molecule has 2 rings (SSSR count). The highest BCUT2D eigenvalue weighted by atomic mass is 16.5. The molecule has 0 spiro atoms. The van der Waals surface area contributed by atoms with Crippen molar-refractivity contribution in [1.82, 2.24) is 4.90 Å². The molecule has 2 N–H and O–H groups in total. The van der Waals surface area contributed by atoms with Gasteiger partial charge >= 0.3 is 0 Å². The summed E-state index contributed by atoms with van der Waals surface area (Å²) in [4.78, 5) is 14.6. The van der Waals surface area contributed by atoms with E-state index in [1.165, 1.54) is 0 Å². The van der Waals surface area contributed by atoms with Crippen LogP contribution in [0.4, 0.5) is 5.69 Å². The van der Waals surface area contributed by atoms with Gasteiger partial charge in [-0.15, -0.1) is 0 Å². The third-order valence-corrected chi connectivity index (χ3v) is 3.56. The highest BCUT2D eigenvalue weighted by molar-refractivity contribution is 5.95. The molecule has 0 aliphatic heterocycles. The van der Waals surface area contributed by atoms with Crippen LogP contribution in [0.1, 0.15) is 29.8 Å². The number of amides is 1. The van der Waals surface area contributed by atoms with Gasteiger partial charge in [0.05, 0.1) is 12.8 Å². The van der Waals surface area contributed by atoms with E-state index >= 15 is 0 Å². The van der Waals surface area contributed by atoms with Gasteiger partial charge in [0.1, 0.15) is 5.75 Å². The van der Waals surface area contributed by atoms with Gasteiger partial charge in [-0.3, -0.25) is 4.79 Å². The highest BCUT2D eigenvalue weighted by Gasteiger charge is 2.19. The molecular weight excluding hydrogens is 276 g/mol. The predicted octanol–water partition coefficient (Wildman–Crippen LogP) is 3.33. The number of benzene rings is 2. The number of nitrogen functional groups attached to an aromatic ring is 1. The topological polar surface area (TPSA) is 55.6 Å². The minimum atomic E-state index is -0.0341. The number of anilines is 1. The van der Waals surface area contributed by atoms with Gasteiger partial charge in [0.15, 0.2) is 0 Å². The molecule has 0 unspecified atom stereocenters. The van der Waals surface area contributed by atoms with Crippen molar-refractivity contribution >= 4 is 11.6 Å². The summed E-state index contributed by atoms with van der Waals surface area (Å²) in [7, 11) is 1.56. The Morgan fingerprint density at radius 2 is 1.86 bits per heavy atom. The molecule has 2 aromatic carbocycles. The van der Waals surface area contributed by atoms with E-state index in [2.05, 4.69) is 0 Å². The highest BCUT2D eigenvalue weighted by Crippen LogP contribution is 2.23. The molecule has 0 heterocycles. The number of nitrogens with two attached hydrogens (primary N) is 1. The number of hydrogen-bond donors (Lipinski definition) is 1. The molecule has 0 aromatic heterocycles. The Hall–Kier alpha value is -2.49. The van der Waals surface area contributed by atoms with Crippen LogP contribution in [0.15, 0.2) is 48.5 Å². The lowest BCUT2D eigenvalue weighted by Crippen LogP contribution is -2.36. The standard InChI is InChI=1S/C18H22N2O2/c1-13(2)20(12-14-7-5-4-6-8-14)18(21)15-9-10-17(22-3)16(19)11-15/h4-11,13H,12,19H2,1-3H3. The molecule has 0 saturated heterocycles. The Bertz CT molecular complexity index is 639. The molecule has 0 bridgehead atoms. The third-order valence-electron chi connectivity index (χ3n) is 3.56. The number of methoxy groups -OCH3 is 1. The summed E-state index contributed by atoms with van der Waals surface area (Å²) in [5.74, 6) is 0.545. The van der Waals surface area contributed by atoms with Crippen LogP contribution in [-0.2, 0) is 6.54 Å². The molecule has 4 nitrogen and oxygen atoms in total. The maximum absolute atomic E-state index is 12.8. The Morgan fingerprint density at radius 3 is 2.41 bits per heavy atom. The van der Waals surface area contributed by atoms with Crippen LogP contribution >= 0.6 is 0 Å². The van der Waals surface area contributed by atoms with Crippen molar-refractivity contribution in [3.05, 3.63) is 59.7 Å². The largest absolute Gasteiger partial charge is 0.495 e. The maximum atomic E-state index is 12.8. The number of carbonyl (C=O) groups excluding carboxylic acids is 1. The molecule has 0 fully saturated rings. The van der Waals surface area contributed by atoms with Gasteiger partial charge in [0.2, 0.25) is 0 Å². The van der Waals surface area contributed by atoms with Crippen molar-refractivity contribution in [2.24, 2.45) is 0 Å². The lowest BCUT2D eigenvalue weighted by Gasteiger charge is -2.27. The molecule has 0 radical (unpaired) electrons. The van der Waals surface area contributed by atoms with Gasteiger partial charge in [-0.25, -0.2) is 0 Å². The molecule has 2 aromatic rings. The Kier molecular flexibility index (Phi) is 5.04. The van der Waals surface area contributed by atoms with Gasteiger partial charge in [-0.2, -0.15) is 0 Å². The van der Waals surface area contributed by atoms with Gasteiger partial charge in [0.25, 0.3) is 5.91 Å². The fraction of sp³-hybridized carbons (Fsp3) is 0.278. The summed E-state index contributed by atoms with van der Waals surface area (Å²) in [5, 5.41) is 0. The second kappa shape index (κ2) is 6.98. The zero-order valence-corrected chi connectivity index (χ0v) is 13.2. The van der Waals surface area contributed by atoms with E-state index in [4.69, 9.17) is 10.5 Å². The van der Waals surface area contributed by atoms with Crippen LogP contribution in [0.25, 0.3) is 0 Å².